The van der Waals surface area contributed by atoms with Gasteiger partial charge in [-0.15, -0.1) is 11.8 Å². The molecule has 1 aromatic carbocycles. The van der Waals surface area contributed by atoms with Crippen LogP contribution < -0.4 is 0 Å². The maximum Gasteiger partial charge on any atom is 0.169 e. The second kappa shape index (κ2) is 8.14. The van der Waals surface area contributed by atoms with Crippen molar-refractivity contribution in [3.8, 4) is 0 Å². The van der Waals surface area contributed by atoms with Gasteiger partial charge in [-0.05, 0) is 45.0 Å². The van der Waals surface area contributed by atoms with Gasteiger partial charge in [0.05, 0.1) is 5.25 Å². The first-order valence-electron chi connectivity index (χ1n) is 5.82. The van der Waals surface area contributed by atoms with Gasteiger partial charge < -0.3 is 9.47 Å². The maximum atomic E-state index is 5.59. The van der Waals surface area contributed by atoms with E-state index >= 15 is 0 Å². The second-order valence-electron chi connectivity index (χ2n) is 3.56. The predicted octanol–water partition coefficient (Wildman–Crippen LogP) is 4.33. The smallest absolute Gasteiger partial charge is 0.169 e. The number of rotatable bonds is 7. The molecule has 0 aliphatic carbocycles. The molecule has 0 aliphatic rings. The molecule has 96 valence electrons. The third-order valence-electron chi connectivity index (χ3n) is 2.18. The quantitative estimate of drug-likeness (QED) is 0.550. The Morgan fingerprint density at radius 2 is 1.65 bits per heavy atom. The molecule has 0 aromatic heterocycles. The lowest BCUT2D eigenvalue weighted by Crippen LogP contribution is -2.27. The van der Waals surface area contributed by atoms with Gasteiger partial charge in [-0.25, -0.2) is 0 Å². The van der Waals surface area contributed by atoms with Gasteiger partial charge in [-0.1, -0.05) is 15.9 Å². The highest BCUT2D eigenvalue weighted by molar-refractivity contribution is 9.10. The molecule has 1 unspecified atom stereocenters. The Bertz CT molecular complexity index is 310. The van der Waals surface area contributed by atoms with E-state index in [-0.39, 0.29) is 11.5 Å². The van der Waals surface area contributed by atoms with Crippen molar-refractivity contribution >= 4 is 27.7 Å². The van der Waals surface area contributed by atoms with E-state index in [1.54, 1.807) is 11.8 Å². The molecule has 1 atom stereocenters. The number of halogens is 1. The molecule has 0 N–H and O–H groups in total. The zero-order valence-electron chi connectivity index (χ0n) is 10.5. The predicted molar refractivity (Wildman–Crippen MR) is 76.5 cm³/mol. The van der Waals surface area contributed by atoms with E-state index in [4.69, 9.17) is 9.47 Å². The zero-order valence-corrected chi connectivity index (χ0v) is 12.9. The van der Waals surface area contributed by atoms with Crippen molar-refractivity contribution in [2.75, 3.05) is 13.2 Å². The summed E-state index contributed by atoms with van der Waals surface area (Å²) in [6, 6.07) is 8.29. The van der Waals surface area contributed by atoms with Crippen LogP contribution in [0.3, 0.4) is 0 Å². The van der Waals surface area contributed by atoms with Crippen LogP contribution in [0.2, 0.25) is 0 Å². The first kappa shape index (κ1) is 15.0. The maximum absolute atomic E-state index is 5.59. The highest BCUT2D eigenvalue weighted by atomic mass is 79.9. The average molecular weight is 319 g/mol. The van der Waals surface area contributed by atoms with E-state index in [0.29, 0.717) is 13.2 Å². The Morgan fingerprint density at radius 1 is 1.12 bits per heavy atom. The fraction of sp³-hybridized carbons (Fsp3) is 0.538. The van der Waals surface area contributed by atoms with Gasteiger partial charge in [-0.3, -0.25) is 0 Å². The van der Waals surface area contributed by atoms with Crippen molar-refractivity contribution < 1.29 is 9.47 Å². The van der Waals surface area contributed by atoms with Crippen molar-refractivity contribution in [1.29, 1.82) is 0 Å². The topological polar surface area (TPSA) is 18.5 Å². The van der Waals surface area contributed by atoms with E-state index in [2.05, 4.69) is 35.0 Å². The summed E-state index contributed by atoms with van der Waals surface area (Å²) >= 11 is 5.20. The van der Waals surface area contributed by atoms with Crippen molar-refractivity contribution in [1.82, 2.24) is 0 Å². The summed E-state index contributed by atoms with van der Waals surface area (Å²) in [5.74, 6) is 0. The summed E-state index contributed by atoms with van der Waals surface area (Å²) in [5, 5.41) is 0.274. The van der Waals surface area contributed by atoms with Crippen LogP contribution in [0.15, 0.2) is 33.6 Å². The number of benzene rings is 1. The fourth-order valence-corrected chi connectivity index (χ4v) is 2.69. The molecule has 0 amide bonds. The van der Waals surface area contributed by atoms with E-state index in [1.807, 2.05) is 26.0 Å². The lowest BCUT2D eigenvalue weighted by molar-refractivity contribution is -0.133. The monoisotopic (exact) mass is 318 g/mol. The van der Waals surface area contributed by atoms with Crippen molar-refractivity contribution in [3.05, 3.63) is 28.7 Å². The Hall–Kier alpha value is -0.0300. The Labute approximate surface area is 116 Å². The van der Waals surface area contributed by atoms with Gasteiger partial charge >= 0.3 is 0 Å². The molecule has 0 aliphatic heterocycles. The number of hydrogen-bond donors (Lipinski definition) is 0. The Balaban J connectivity index is 2.55. The van der Waals surface area contributed by atoms with Gasteiger partial charge in [0.25, 0.3) is 0 Å². The minimum Gasteiger partial charge on any atom is -0.352 e. The normalized spacial score (nSPS) is 13.0. The van der Waals surface area contributed by atoms with Gasteiger partial charge in [-0.2, -0.15) is 0 Å². The molecule has 1 rings (SSSR count). The van der Waals surface area contributed by atoms with E-state index in [0.717, 1.165) is 4.47 Å². The fourth-order valence-electron chi connectivity index (χ4n) is 1.43. The summed E-state index contributed by atoms with van der Waals surface area (Å²) in [6.45, 7) is 7.46. The van der Waals surface area contributed by atoms with Crippen molar-refractivity contribution in [2.24, 2.45) is 0 Å². The van der Waals surface area contributed by atoms with Crippen LogP contribution in [-0.2, 0) is 9.47 Å². The molecule has 0 spiro atoms. The standard InChI is InChI=1S/C13H19BrO2S/c1-4-15-13(16-5-2)10(3)17-12-8-6-11(14)7-9-12/h6-10,13H,4-5H2,1-3H3. The number of thioether (sulfide) groups is 1. The lowest BCUT2D eigenvalue weighted by Gasteiger charge is -2.23. The summed E-state index contributed by atoms with van der Waals surface area (Å²) in [7, 11) is 0. The molecule has 4 heteroatoms. The highest BCUT2D eigenvalue weighted by Gasteiger charge is 2.18. The molecular weight excluding hydrogens is 300 g/mol. The average Bonchev–Trinajstić information content (AvgIpc) is 2.32. The molecule has 0 fully saturated rings. The highest BCUT2D eigenvalue weighted by Crippen LogP contribution is 2.28. The molecule has 0 bridgehead atoms. The molecule has 0 saturated carbocycles. The van der Waals surface area contributed by atoms with Gasteiger partial charge in [0.1, 0.15) is 0 Å². The van der Waals surface area contributed by atoms with Crippen LogP contribution in [0.1, 0.15) is 20.8 Å². The van der Waals surface area contributed by atoms with Crippen LogP contribution in [0, 0.1) is 0 Å². The Kier molecular flexibility index (Phi) is 7.19. The minimum atomic E-state index is -0.140. The molecule has 2 nitrogen and oxygen atoms in total. The number of hydrogen-bond acceptors (Lipinski definition) is 3. The molecule has 0 radical (unpaired) electrons. The molecule has 1 aromatic rings. The van der Waals surface area contributed by atoms with Crippen LogP contribution >= 0.6 is 27.7 Å². The summed E-state index contributed by atoms with van der Waals surface area (Å²) < 4.78 is 12.3. The van der Waals surface area contributed by atoms with Crippen molar-refractivity contribution in [2.45, 2.75) is 37.2 Å². The molecular formula is C13H19BrO2S. The third kappa shape index (κ3) is 5.42. The van der Waals surface area contributed by atoms with Crippen molar-refractivity contribution in [3.63, 3.8) is 0 Å². The van der Waals surface area contributed by atoms with Gasteiger partial charge in [0.15, 0.2) is 6.29 Å². The van der Waals surface area contributed by atoms with Crippen LogP contribution in [-0.4, -0.2) is 24.8 Å². The lowest BCUT2D eigenvalue weighted by atomic mass is 10.4. The molecule has 0 heterocycles. The van der Waals surface area contributed by atoms with Crippen LogP contribution in [0.5, 0.6) is 0 Å². The first-order chi connectivity index (χ1) is 8.17. The van der Waals surface area contributed by atoms with Crippen LogP contribution in [0.25, 0.3) is 0 Å². The molecule has 17 heavy (non-hydrogen) atoms. The van der Waals surface area contributed by atoms with Crippen LogP contribution in [0.4, 0.5) is 0 Å². The summed E-state index contributed by atoms with van der Waals surface area (Å²) in [5.41, 5.74) is 0. The van der Waals surface area contributed by atoms with Gasteiger partial charge in [0.2, 0.25) is 0 Å². The zero-order chi connectivity index (χ0) is 12.7. The Morgan fingerprint density at radius 3 is 2.12 bits per heavy atom. The second-order valence-corrected chi connectivity index (χ2v) is 5.92. The minimum absolute atomic E-state index is 0.140. The number of ether oxygens (including phenoxy) is 2. The van der Waals surface area contributed by atoms with E-state index in [1.165, 1.54) is 4.90 Å². The molecule has 0 saturated heterocycles. The van der Waals surface area contributed by atoms with E-state index in [9.17, 15) is 0 Å². The summed E-state index contributed by atoms with van der Waals surface area (Å²) in [4.78, 5) is 1.23. The third-order valence-corrected chi connectivity index (χ3v) is 3.85. The SMILES string of the molecule is CCOC(OCC)C(C)Sc1ccc(Br)cc1. The van der Waals surface area contributed by atoms with Gasteiger partial charge in [0, 0.05) is 22.6 Å². The first-order valence-corrected chi connectivity index (χ1v) is 7.50. The summed E-state index contributed by atoms with van der Waals surface area (Å²) in [6.07, 6.45) is -0.140. The largest absolute Gasteiger partial charge is 0.352 e. The van der Waals surface area contributed by atoms with E-state index < -0.39 is 0 Å².